The normalized spacial score (nSPS) is 18.6. The number of aromatic nitrogens is 3. The third-order valence-corrected chi connectivity index (χ3v) is 6.68. The molecule has 0 saturated carbocycles. The fourth-order valence-electron chi connectivity index (χ4n) is 4.77. The van der Waals surface area contributed by atoms with E-state index in [1.807, 2.05) is 40.1 Å². The van der Waals surface area contributed by atoms with E-state index in [2.05, 4.69) is 46.4 Å². The zero-order valence-electron chi connectivity index (χ0n) is 19.5. The van der Waals surface area contributed by atoms with E-state index >= 15 is 0 Å². The maximum Gasteiger partial charge on any atom is 0.276 e. The lowest BCUT2D eigenvalue weighted by atomic mass is 10.1. The first-order valence-corrected chi connectivity index (χ1v) is 11.9. The summed E-state index contributed by atoms with van der Waals surface area (Å²) in [5, 5.41) is 8.32. The number of hydrogen-bond acceptors (Lipinski definition) is 5. The van der Waals surface area contributed by atoms with Crippen molar-refractivity contribution in [2.75, 3.05) is 37.6 Å². The van der Waals surface area contributed by atoms with E-state index in [1.165, 1.54) is 11.3 Å². The number of aryl methyl sites for hydroxylation is 1. The second-order valence-electron chi connectivity index (χ2n) is 9.27. The van der Waals surface area contributed by atoms with Crippen LogP contribution in [0.3, 0.4) is 0 Å². The molecule has 176 valence electrons. The van der Waals surface area contributed by atoms with Crippen molar-refractivity contribution in [2.45, 2.75) is 26.4 Å². The lowest BCUT2D eigenvalue weighted by Crippen LogP contribution is -2.48. The Bertz CT molecular complexity index is 1140. The van der Waals surface area contributed by atoms with Crippen molar-refractivity contribution in [3.63, 3.8) is 0 Å². The monoisotopic (exact) mass is 458 g/mol. The number of nitrogens with zero attached hydrogens (tertiary/aromatic N) is 6. The van der Waals surface area contributed by atoms with E-state index in [0.717, 1.165) is 18.7 Å². The van der Waals surface area contributed by atoms with Gasteiger partial charge >= 0.3 is 0 Å². The summed E-state index contributed by atoms with van der Waals surface area (Å²) >= 11 is 0. The number of amides is 2. The Kier molecular flexibility index (Phi) is 6.29. The Morgan fingerprint density at radius 3 is 2.47 bits per heavy atom. The number of likely N-dealkylation sites (tertiary alicyclic amines) is 1. The van der Waals surface area contributed by atoms with Crippen LogP contribution < -0.4 is 4.90 Å². The fourth-order valence-corrected chi connectivity index (χ4v) is 4.77. The molecule has 34 heavy (non-hydrogen) atoms. The Morgan fingerprint density at radius 1 is 1.00 bits per heavy atom. The minimum atomic E-state index is -0.0805. The van der Waals surface area contributed by atoms with Crippen molar-refractivity contribution in [1.82, 2.24) is 24.8 Å². The van der Waals surface area contributed by atoms with Gasteiger partial charge in [0.05, 0.1) is 6.20 Å². The zero-order valence-corrected chi connectivity index (χ0v) is 19.5. The van der Waals surface area contributed by atoms with E-state index in [9.17, 15) is 9.59 Å². The van der Waals surface area contributed by atoms with Crippen molar-refractivity contribution >= 4 is 17.5 Å². The molecule has 1 unspecified atom stereocenters. The van der Waals surface area contributed by atoms with Gasteiger partial charge in [0, 0.05) is 63.8 Å². The molecule has 2 fully saturated rings. The first kappa shape index (κ1) is 22.1. The standard InChI is InChI=1S/C26H30N6O2/c1-20-7-9-23(10-8-20)29-11-13-30(14-12-29)26(34)24-19-32(28-27-24)18-22-15-25(33)31(17-22)16-21-5-3-2-4-6-21/h2-10,19,22H,11-18H2,1H3. The van der Waals surface area contributed by atoms with Gasteiger partial charge in [-0.15, -0.1) is 5.10 Å². The van der Waals surface area contributed by atoms with Gasteiger partial charge in [0.15, 0.2) is 5.69 Å². The maximum atomic E-state index is 13.0. The Morgan fingerprint density at radius 2 is 1.74 bits per heavy atom. The largest absolute Gasteiger partial charge is 0.368 e. The molecule has 2 aliphatic rings. The molecule has 3 aromatic rings. The molecular weight excluding hydrogens is 428 g/mol. The van der Waals surface area contributed by atoms with Gasteiger partial charge in [-0.3, -0.25) is 14.3 Å². The van der Waals surface area contributed by atoms with Crippen LogP contribution >= 0.6 is 0 Å². The van der Waals surface area contributed by atoms with Crippen LogP contribution in [-0.2, 0) is 17.9 Å². The summed E-state index contributed by atoms with van der Waals surface area (Å²) < 4.78 is 1.71. The summed E-state index contributed by atoms with van der Waals surface area (Å²) in [6.07, 6.45) is 2.22. The minimum Gasteiger partial charge on any atom is -0.368 e. The minimum absolute atomic E-state index is 0.0805. The van der Waals surface area contributed by atoms with Crippen LogP contribution in [-0.4, -0.2) is 69.3 Å². The lowest BCUT2D eigenvalue weighted by molar-refractivity contribution is -0.128. The highest BCUT2D eigenvalue weighted by molar-refractivity contribution is 5.92. The number of piperazine rings is 1. The first-order valence-electron chi connectivity index (χ1n) is 11.9. The molecule has 0 spiro atoms. The van der Waals surface area contributed by atoms with E-state index in [1.54, 1.807) is 10.9 Å². The molecule has 2 aromatic carbocycles. The van der Waals surface area contributed by atoms with Gasteiger partial charge in [-0.2, -0.15) is 0 Å². The summed E-state index contributed by atoms with van der Waals surface area (Å²) in [7, 11) is 0. The third-order valence-electron chi connectivity index (χ3n) is 6.68. The Balaban J connectivity index is 1.13. The molecule has 0 aliphatic carbocycles. The first-order chi connectivity index (χ1) is 16.5. The molecule has 3 heterocycles. The average molecular weight is 459 g/mol. The van der Waals surface area contributed by atoms with Crippen molar-refractivity contribution in [1.29, 1.82) is 0 Å². The zero-order chi connectivity index (χ0) is 23.5. The SMILES string of the molecule is Cc1ccc(N2CCN(C(=O)c3cn(CC4CC(=O)N(Cc5ccccc5)C4)nn3)CC2)cc1. The summed E-state index contributed by atoms with van der Waals surface area (Å²) in [6, 6.07) is 18.5. The van der Waals surface area contributed by atoms with E-state index in [-0.39, 0.29) is 17.7 Å². The number of anilines is 1. The predicted octanol–water partition coefficient (Wildman–Crippen LogP) is 2.60. The van der Waals surface area contributed by atoms with Crippen LogP contribution in [0.4, 0.5) is 5.69 Å². The molecule has 8 nitrogen and oxygen atoms in total. The van der Waals surface area contributed by atoms with E-state index in [0.29, 0.717) is 44.8 Å². The number of hydrogen-bond donors (Lipinski definition) is 0. The van der Waals surface area contributed by atoms with Crippen molar-refractivity contribution in [2.24, 2.45) is 5.92 Å². The van der Waals surface area contributed by atoms with Gasteiger partial charge in [0.2, 0.25) is 5.91 Å². The second-order valence-corrected chi connectivity index (χ2v) is 9.27. The molecule has 2 aliphatic heterocycles. The van der Waals surface area contributed by atoms with Crippen LogP contribution in [0.2, 0.25) is 0 Å². The van der Waals surface area contributed by atoms with E-state index < -0.39 is 0 Å². The number of benzene rings is 2. The summed E-state index contributed by atoms with van der Waals surface area (Å²) in [5.74, 6) is 0.249. The molecule has 2 saturated heterocycles. The molecule has 5 rings (SSSR count). The van der Waals surface area contributed by atoms with Crippen LogP contribution in [0.5, 0.6) is 0 Å². The smallest absolute Gasteiger partial charge is 0.276 e. The topological polar surface area (TPSA) is 74.6 Å². The van der Waals surface area contributed by atoms with Gasteiger partial charge in [-0.25, -0.2) is 0 Å². The van der Waals surface area contributed by atoms with Crippen molar-refractivity contribution in [3.05, 3.63) is 77.6 Å². The van der Waals surface area contributed by atoms with E-state index in [4.69, 9.17) is 0 Å². The maximum absolute atomic E-state index is 13.0. The Labute approximate surface area is 199 Å². The van der Waals surface area contributed by atoms with Crippen LogP contribution in [0.15, 0.2) is 60.8 Å². The molecular formula is C26H30N6O2. The molecule has 1 atom stereocenters. The molecule has 1 aromatic heterocycles. The highest BCUT2D eigenvalue weighted by atomic mass is 16.2. The summed E-state index contributed by atoms with van der Waals surface area (Å²) in [5.41, 5.74) is 3.93. The second kappa shape index (κ2) is 9.67. The van der Waals surface area contributed by atoms with Crippen molar-refractivity contribution < 1.29 is 9.59 Å². The fraction of sp³-hybridized carbons (Fsp3) is 0.385. The molecule has 2 amide bonds. The molecule has 0 radical (unpaired) electrons. The molecule has 0 N–H and O–H groups in total. The summed E-state index contributed by atoms with van der Waals surface area (Å²) in [4.78, 5) is 31.5. The van der Waals surface area contributed by atoms with Gasteiger partial charge in [0.1, 0.15) is 0 Å². The van der Waals surface area contributed by atoms with Crippen molar-refractivity contribution in [3.8, 4) is 0 Å². The Hall–Kier alpha value is -3.68. The van der Waals surface area contributed by atoms with Crippen LogP contribution in [0, 0.1) is 12.8 Å². The molecule has 8 heteroatoms. The van der Waals surface area contributed by atoms with Crippen LogP contribution in [0.1, 0.15) is 28.0 Å². The summed E-state index contributed by atoms with van der Waals surface area (Å²) in [6.45, 7) is 6.89. The average Bonchev–Trinajstić information content (AvgIpc) is 3.46. The predicted molar refractivity (Wildman–Crippen MR) is 129 cm³/mol. The highest BCUT2D eigenvalue weighted by Gasteiger charge is 2.30. The number of carbonyl (C=O) groups excluding carboxylic acids is 2. The van der Waals surface area contributed by atoms with Gasteiger partial charge in [0.25, 0.3) is 5.91 Å². The van der Waals surface area contributed by atoms with Gasteiger partial charge < -0.3 is 14.7 Å². The quantitative estimate of drug-likeness (QED) is 0.568. The van der Waals surface area contributed by atoms with Gasteiger partial charge in [-0.1, -0.05) is 53.2 Å². The lowest BCUT2D eigenvalue weighted by Gasteiger charge is -2.35. The number of rotatable bonds is 6. The molecule has 0 bridgehead atoms. The van der Waals surface area contributed by atoms with Crippen LogP contribution in [0.25, 0.3) is 0 Å². The highest BCUT2D eigenvalue weighted by Crippen LogP contribution is 2.22. The number of carbonyl (C=O) groups is 2. The third kappa shape index (κ3) is 4.95. The van der Waals surface area contributed by atoms with Gasteiger partial charge in [-0.05, 0) is 24.6 Å².